The van der Waals surface area contributed by atoms with Crippen molar-refractivity contribution < 1.29 is 8.42 Å². The lowest BCUT2D eigenvalue weighted by atomic mass is 10.2. The second-order valence-corrected chi connectivity index (χ2v) is 7.43. The molecule has 0 fully saturated rings. The second-order valence-electron chi connectivity index (χ2n) is 4.53. The van der Waals surface area contributed by atoms with Crippen molar-refractivity contribution in [3.05, 3.63) is 81.8 Å². The molecule has 0 heterocycles. The van der Waals surface area contributed by atoms with Gasteiger partial charge < -0.3 is 0 Å². The number of para-hydroxylation sites is 1. The molecule has 3 nitrogen and oxygen atoms in total. The van der Waals surface area contributed by atoms with Gasteiger partial charge in [0.1, 0.15) is 0 Å². The molecule has 22 heavy (non-hydrogen) atoms. The Labute approximate surface area is 145 Å². The Morgan fingerprint density at radius 1 is 1.05 bits per heavy atom. The van der Waals surface area contributed by atoms with E-state index in [1.54, 1.807) is 18.2 Å². The van der Waals surface area contributed by atoms with Crippen LogP contribution in [0.2, 0.25) is 0 Å². The van der Waals surface area contributed by atoms with Gasteiger partial charge in [0.05, 0.1) is 17.6 Å². The quantitative estimate of drug-likeness (QED) is 0.512. The number of hydrogen-bond donors (Lipinski definition) is 0. The molecule has 0 N–H and O–H groups in total. The number of sulfonamides is 1. The lowest BCUT2D eigenvalue weighted by Crippen LogP contribution is -2.29. The highest BCUT2D eigenvalue weighted by Crippen LogP contribution is 2.25. The molecule has 0 aliphatic carbocycles. The van der Waals surface area contributed by atoms with Crippen LogP contribution < -0.4 is 4.31 Å². The van der Waals surface area contributed by atoms with Crippen LogP contribution in [0.1, 0.15) is 5.56 Å². The van der Waals surface area contributed by atoms with Gasteiger partial charge in [0, 0.05) is 3.57 Å². The third-order valence-corrected chi connectivity index (χ3v) is 5.31. The lowest BCUT2D eigenvalue weighted by molar-refractivity contribution is 0.601. The van der Waals surface area contributed by atoms with Crippen LogP contribution in [0.4, 0.5) is 5.69 Å². The third kappa shape index (κ3) is 4.20. The van der Waals surface area contributed by atoms with E-state index in [2.05, 4.69) is 29.2 Å². The molecule has 0 aliphatic heterocycles. The Bertz CT molecular complexity index is 770. The number of halogens is 1. The zero-order chi connectivity index (χ0) is 16.0. The molecule has 0 saturated carbocycles. The fraction of sp³-hybridized carbons (Fsp3) is 0.0588. The zero-order valence-electron chi connectivity index (χ0n) is 11.9. The Morgan fingerprint density at radius 3 is 2.32 bits per heavy atom. The van der Waals surface area contributed by atoms with E-state index >= 15 is 0 Å². The van der Waals surface area contributed by atoms with Gasteiger partial charge in [0.2, 0.25) is 0 Å². The van der Waals surface area contributed by atoms with Crippen molar-refractivity contribution in [1.82, 2.24) is 0 Å². The minimum atomic E-state index is -3.58. The molecule has 2 rings (SSSR count). The standard InChI is InChI=1S/C17H16INO2S/c1-2-13-19(17-11-7-6-10-16(17)18)22(20,21)14-12-15-8-4-3-5-9-15/h2-12,14H,1,13H2/b14-12+. The maximum atomic E-state index is 12.6. The van der Waals surface area contributed by atoms with Crippen LogP contribution in [0.25, 0.3) is 6.08 Å². The molecule has 2 aromatic carbocycles. The normalized spacial score (nSPS) is 11.5. The average molecular weight is 425 g/mol. The minimum absolute atomic E-state index is 0.224. The average Bonchev–Trinajstić information content (AvgIpc) is 2.53. The molecule has 114 valence electrons. The largest absolute Gasteiger partial charge is 0.262 e. The van der Waals surface area contributed by atoms with E-state index in [0.29, 0.717) is 5.69 Å². The smallest absolute Gasteiger partial charge is 0.257 e. The summed E-state index contributed by atoms with van der Waals surface area (Å²) < 4.78 is 27.5. The van der Waals surface area contributed by atoms with Crippen LogP contribution in [0.3, 0.4) is 0 Å². The molecule has 0 unspecified atom stereocenters. The molecule has 0 saturated heterocycles. The summed E-state index contributed by atoms with van der Waals surface area (Å²) in [6.45, 7) is 3.88. The molecule has 2 aromatic rings. The number of hydrogen-bond acceptors (Lipinski definition) is 2. The Kier molecular flexibility index (Phi) is 5.79. The monoisotopic (exact) mass is 425 g/mol. The van der Waals surface area contributed by atoms with Crippen molar-refractivity contribution >= 4 is 44.4 Å². The van der Waals surface area contributed by atoms with Gasteiger partial charge >= 0.3 is 0 Å². The summed E-state index contributed by atoms with van der Waals surface area (Å²) >= 11 is 2.13. The van der Waals surface area contributed by atoms with Crippen molar-refractivity contribution in [1.29, 1.82) is 0 Å². The summed E-state index contributed by atoms with van der Waals surface area (Å²) in [4.78, 5) is 0. The van der Waals surface area contributed by atoms with Gasteiger partial charge in [-0.1, -0.05) is 48.5 Å². The molecular formula is C17H16INO2S. The van der Waals surface area contributed by atoms with Crippen LogP contribution in [0, 0.1) is 3.57 Å². The number of nitrogens with zero attached hydrogens (tertiary/aromatic N) is 1. The highest BCUT2D eigenvalue weighted by Gasteiger charge is 2.20. The lowest BCUT2D eigenvalue weighted by Gasteiger charge is -2.22. The molecular weight excluding hydrogens is 409 g/mol. The number of rotatable bonds is 6. The first kappa shape index (κ1) is 16.8. The summed E-state index contributed by atoms with van der Waals surface area (Å²) in [6.07, 6.45) is 3.18. The van der Waals surface area contributed by atoms with E-state index in [4.69, 9.17) is 0 Å². The van der Waals surface area contributed by atoms with Gasteiger partial charge in [-0.15, -0.1) is 6.58 Å². The van der Waals surface area contributed by atoms with Gasteiger partial charge in [-0.2, -0.15) is 0 Å². The van der Waals surface area contributed by atoms with Crippen molar-refractivity contribution in [3.8, 4) is 0 Å². The summed E-state index contributed by atoms with van der Waals surface area (Å²) in [5, 5.41) is 1.23. The van der Waals surface area contributed by atoms with Crippen LogP contribution in [-0.2, 0) is 10.0 Å². The fourth-order valence-corrected chi connectivity index (χ4v) is 3.98. The molecule has 0 bridgehead atoms. The van der Waals surface area contributed by atoms with Crippen molar-refractivity contribution in [2.75, 3.05) is 10.8 Å². The fourth-order valence-electron chi connectivity index (χ4n) is 1.91. The van der Waals surface area contributed by atoms with E-state index < -0.39 is 10.0 Å². The first-order valence-corrected chi connectivity index (χ1v) is 9.24. The minimum Gasteiger partial charge on any atom is -0.262 e. The molecule has 5 heteroatoms. The predicted molar refractivity (Wildman–Crippen MR) is 101 cm³/mol. The van der Waals surface area contributed by atoms with E-state index in [-0.39, 0.29) is 6.54 Å². The first-order valence-electron chi connectivity index (χ1n) is 6.66. The highest BCUT2D eigenvalue weighted by molar-refractivity contribution is 14.1. The van der Waals surface area contributed by atoms with Gasteiger partial charge in [-0.3, -0.25) is 4.31 Å². The molecule has 0 aromatic heterocycles. The Morgan fingerprint density at radius 2 is 1.68 bits per heavy atom. The first-order chi connectivity index (χ1) is 10.5. The second kappa shape index (κ2) is 7.60. The predicted octanol–water partition coefficient (Wildman–Crippen LogP) is 4.28. The summed E-state index contributed by atoms with van der Waals surface area (Å²) in [6, 6.07) is 16.7. The van der Waals surface area contributed by atoms with E-state index in [9.17, 15) is 8.42 Å². The number of anilines is 1. The SMILES string of the molecule is C=CCN(c1ccccc1I)S(=O)(=O)/C=C/c1ccccc1. The zero-order valence-corrected chi connectivity index (χ0v) is 14.9. The van der Waals surface area contributed by atoms with Gasteiger partial charge in [-0.05, 0) is 46.4 Å². The van der Waals surface area contributed by atoms with Crippen LogP contribution in [0.5, 0.6) is 0 Å². The van der Waals surface area contributed by atoms with Gasteiger partial charge in [0.25, 0.3) is 10.0 Å². The van der Waals surface area contributed by atoms with Crippen LogP contribution >= 0.6 is 22.6 Å². The van der Waals surface area contributed by atoms with Crippen LogP contribution in [0.15, 0.2) is 72.7 Å². The maximum absolute atomic E-state index is 12.6. The third-order valence-electron chi connectivity index (χ3n) is 2.96. The van der Waals surface area contributed by atoms with Crippen LogP contribution in [-0.4, -0.2) is 15.0 Å². The Balaban J connectivity index is 2.37. The van der Waals surface area contributed by atoms with Gasteiger partial charge in [-0.25, -0.2) is 8.42 Å². The van der Waals surface area contributed by atoms with Crippen molar-refractivity contribution in [2.45, 2.75) is 0 Å². The van der Waals surface area contributed by atoms with Crippen molar-refractivity contribution in [3.63, 3.8) is 0 Å². The van der Waals surface area contributed by atoms with E-state index in [1.165, 1.54) is 9.71 Å². The maximum Gasteiger partial charge on any atom is 0.257 e. The van der Waals surface area contributed by atoms with Crippen molar-refractivity contribution in [2.24, 2.45) is 0 Å². The molecule has 0 aliphatic rings. The molecule has 0 amide bonds. The topological polar surface area (TPSA) is 37.4 Å². The van der Waals surface area contributed by atoms with Gasteiger partial charge in [0.15, 0.2) is 0 Å². The highest BCUT2D eigenvalue weighted by atomic mass is 127. The summed E-state index contributed by atoms with van der Waals surface area (Å²) in [5.41, 5.74) is 1.49. The summed E-state index contributed by atoms with van der Waals surface area (Å²) in [7, 11) is -3.58. The molecule has 0 radical (unpaired) electrons. The van der Waals surface area contributed by atoms with E-state index in [0.717, 1.165) is 9.13 Å². The molecule has 0 spiro atoms. The summed E-state index contributed by atoms with van der Waals surface area (Å²) in [5.74, 6) is 0. The number of benzene rings is 2. The molecule has 0 atom stereocenters. The Hall–Kier alpha value is -1.60. The van der Waals surface area contributed by atoms with E-state index in [1.807, 2.05) is 48.5 Å².